The Morgan fingerprint density at radius 2 is 2.11 bits per heavy atom. The number of nitrogens with zero attached hydrogens (tertiary/aromatic N) is 1. The highest BCUT2D eigenvalue weighted by atomic mass is 79.9. The number of benzene rings is 1. The Balaban J connectivity index is 2.49. The molecule has 0 saturated carbocycles. The molecule has 102 valence electrons. The van der Waals surface area contributed by atoms with Gasteiger partial charge in [0.2, 0.25) is 0 Å². The van der Waals surface area contributed by atoms with Crippen molar-refractivity contribution in [3.8, 4) is 0 Å². The third-order valence-electron chi connectivity index (χ3n) is 2.82. The number of hydrogen-bond acceptors (Lipinski definition) is 2. The van der Waals surface area contributed by atoms with Crippen molar-refractivity contribution in [2.75, 3.05) is 19.6 Å². The zero-order valence-electron chi connectivity index (χ0n) is 11.3. The molecular weight excluding hydrogens is 295 g/mol. The van der Waals surface area contributed by atoms with Crippen molar-refractivity contribution in [1.82, 2.24) is 10.2 Å². The maximum atomic E-state index is 13.1. The second-order valence-corrected chi connectivity index (χ2v) is 5.58. The molecule has 0 atom stereocenters. The van der Waals surface area contributed by atoms with Crippen LogP contribution in [0.15, 0.2) is 22.7 Å². The van der Waals surface area contributed by atoms with Crippen LogP contribution in [0, 0.1) is 5.82 Å². The number of likely N-dealkylation sites (N-methyl/N-ethyl adjacent to an activating group) is 1. The molecule has 2 nitrogen and oxygen atoms in total. The summed E-state index contributed by atoms with van der Waals surface area (Å²) in [5, 5.41) is 3.41. The lowest BCUT2D eigenvalue weighted by Gasteiger charge is -2.21. The predicted molar refractivity (Wildman–Crippen MR) is 78.2 cm³/mol. The van der Waals surface area contributed by atoms with Crippen LogP contribution in [0.1, 0.15) is 26.3 Å². The first kappa shape index (κ1) is 15.6. The molecule has 0 saturated heterocycles. The zero-order valence-corrected chi connectivity index (χ0v) is 12.9. The number of rotatable bonds is 7. The molecule has 1 aromatic carbocycles. The van der Waals surface area contributed by atoms with Crippen molar-refractivity contribution >= 4 is 15.9 Å². The summed E-state index contributed by atoms with van der Waals surface area (Å²) >= 11 is 3.22. The highest BCUT2D eigenvalue weighted by Gasteiger charge is 2.06. The quantitative estimate of drug-likeness (QED) is 0.829. The lowest BCUT2D eigenvalue weighted by atomic mass is 10.2. The highest BCUT2D eigenvalue weighted by Crippen LogP contribution is 2.17. The monoisotopic (exact) mass is 316 g/mol. The Labute approximate surface area is 118 Å². The Morgan fingerprint density at radius 3 is 2.67 bits per heavy atom. The van der Waals surface area contributed by atoms with E-state index < -0.39 is 0 Å². The fourth-order valence-corrected chi connectivity index (χ4v) is 2.18. The molecule has 0 aliphatic carbocycles. The van der Waals surface area contributed by atoms with Crippen LogP contribution in [-0.2, 0) is 6.54 Å². The van der Waals surface area contributed by atoms with Gasteiger partial charge in [-0.2, -0.15) is 0 Å². The minimum Gasteiger partial charge on any atom is -0.313 e. The van der Waals surface area contributed by atoms with E-state index in [4.69, 9.17) is 0 Å². The van der Waals surface area contributed by atoms with Gasteiger partial charge in [-0.3, -0.25) is 4.90 Å². The van der Waals surface area contributed by atoms with Gasteiger partial charge in [-0.15, -0.1) is 0 Å². The molecule has 1 aromatic rings. The molecule has 0 aliphatic rings. The Bertz CT molecular complexity index is 369. The van der Waals surface area contributed by atoms with Crippen LogP contribution in [0.5, 0.6) is 0 Å². The van der Waals surface area contributed by atoms with E-state index in [1.807, 2.05) is 12.1 Å². The van der Waals surface area contributed by atoms with Gasteiger partial charge in [0.25, 0.3) is 0 Å². The standard InChI is InChI=1S/C14H22BrFN2/c1-4-18(8-7-17-11(2)3)10-12-5-6-14(16)13(15)9-12/h5-6,9,11,17H,4,7-8,10H2,1-3H3. The summed E-state index contributed by atoms with van der Waals surface area (Å²) in [5.74, 6) is -0.205. The van der Waals surface area contributed by atoms with Gasteiger partial charge in [-0.25, -0.2) is 4.39 Å². The van der Waals surface area contributed by atoms with E-state index in [2.05, 4.69) is 46.9 Å². The fraction of sp³-hybridized carbons (Fsp3) is 0.571. The molecular formula is C14H22BrFN2. The summed E-state index contributed by atoms with van der Waals surface area (Å²) in [6, 6.07) is 5.73. The van der Waals surface area contributed by atoms with Crippen LogP contribution in [0.2, 0.25) is 0 Å². The maximum absolute atomic E-state index is 13.1. The van der Waals surface area contributed by atoms with Crippen LogP contribution in [0.4, 0.5) is 4.39 Å². The van der Waals surface area contributed by atoms with E-state index in [9.17, 15) is 4.39 Å². The summed E-state index contributed by atoms with van der Waals surface area (Å²) in [4.78, 5) is 2.34. The third kappa shape index (κ3) is 5.46. The van der Waals surface area contributed by atoms with E-state index in [-0.39, 0.29) is 5.82 Å². The largest absolute Gasteiger partial charge is 0.313 e. The smallest absolute Gasteiger partial charge is 0.137 e. The van der Waals surface area contributed by atoms with E-state index in [1.165, 1.54) is 6.07 Å². The van der Waals surface area contributed by atoms with Crippen LogP contribution in [0.3, 0.4) is 0 Å². The van der Waals surface area contributed by atoms with Gasteiger partial charge in [0.1, 0.15) is 5.82 Å². The molecule has 0 radical (unpaired) electrons. The minimum atomic E-state index is -0.205. The number of halogens is 2. The molecule has 18 heavy (non-hydrogen) atoms. The highest BCUT2D eigenvalue weighted by molar-refractivity contribution is 9.10. The Morgan fingerprint density at radius 1 is 1.39 bits per heavy atom. The zero-order chi connectivity index (χ0) is 13.5. The van der Waals surface area contributed by atoms with Crippen LogP contribution >= 0.6 is 15.9 Å². The normalized spacial score (nSPS) is 11.5. The second-order valence-electron chi connectivity index (χ2n) is 4.73. The first-order chi connectivity index (χ1) is 8.52. The fourth-order valence-electron chi connectivity index (χ4n) is 1.76. The molecule has 0 spiro atoms. The average Bonchev–Trinajstić information content (AvgIpc) is 2.32. The van der Waals surface area contributed by atoms with Gasteiger partial charge >= 0.3 is 0 Å². The Kier molecular flexibility index (Phi) is 6.82. The van der Waals surface area contributed by atoms with E-state index in [1.54, 1.807) is 0 Å². The molecule has 0 unspecified atom stereocenters. The topological polar surface area (TPSA) is 15.3 Å². The summed E-state index contributed by atoms with van der Waals surface area (Å²) in [7, 11) is 0. The van der Waals surface area contributed by atoms with Crippen LogP contribution in [0.25, 0.3) is 0 Å². The van der Waals surface area contributed by atoms with Crippen molar-refractivity contribution in [2.45, 2.75) is 33.4 Å². The molecule has 4 heteroatoms. The SMILES string of the molecule is CCN(CCNC(C)C)Cc1ccc(F)c(Br)c1. The molecule has 1 rings (SSSR count). The maximum Gasteiger partial charge on any atom is 0.137 e. The second kappa shape index (κ2) is 7.87. The summed E-state index contributed by atoms with van der Waals surface area (Å²) in [6.07, 6.45) is 0. The van der Waals surface area contributed by atoms with Gasteiger partial charge < -0.3 is 5.32 Å². The Hall–Kier alpha value is -0.450. The molecule has 0 amide bonds. The van der Waals surface area contributed by atoms with Gasteiger partial charge in [0.15, 0.2) is 0 Å². The van der Waals surface area contributed by atoms with Crippen molar-refractivity contribution in [3.05, 3.63) is 34.1 Å². The van der Waals surface area contributed by atoms with E-state index in [0.29, 0.717) is 10.5 Å². The number of nitrogens with one attached hydrogen (secondary N) is 1. The molecule has 0 fully saturated rings. The first-order valence-electron chi connectivity index (χ1n) is 6.42. The van der Waals surface area contributed by atoms with Crippen LogP contribution < -0.4 is 5.32 Å². The van der Waals surface area contributed by atoms with Crippen molar-refractivity contribution in [1.29, 1.82) is 0 Å². The molecule has 0 aromatic heterocycles. The summed E-state index contributed by atoms with van der Waals surface area (Å²) in [6.45, 7) is 10.3. The van der Waals surface area contributed by atoms with Crippen molar-refractivity contribution in [2.24, 2.45) is 0 Å². The number of hydrogen-bond donors (Lipinski definition) is 1. The average molecular weight is 317 g/mol. The molecule has 0 aliphatic heterocycles. The molecule has 1 N–H and O–H groups in total. The van der Waals surface area contributed by atoms with Gasteiger partial charge in [0, 0.05) is 25.7 Å². The van der Waals surface area contributed by atoms with E-state index in [0.717, 1.165) is 31.7 Å². The van der Waals surface area contributed by atoms with Crippen molar-refractivity contribution < 1.29 is 4.39 Å². The molecule has 0 bridgehead atoms. The van der Waals surface area contributed by atoms with Gasteiger partial charge in [0.05, 0.1) is 4.47 Å². The predicted octanol–water partition coefficient (Wildman–Crippen LogP) is 3.41. The van der Waals surface area contributed by atoms with Gasteiger partial charge in [-0.05, 0) is 40.2 Å². The summed E-state index contributed by atoms with van der Waals surface area (Å²) < 4.78 is 13.7. The lowest BCUT2D eigenvalue weighted by molar-refractivity contribution is 0.276. The first-order valence-corrected chi connectivity index (χ1v) is 7.22. The minimum absolute atomic E-state index is 0.205. The summed E-state index contributed by atoms with van der Waals surface area (Å²) in [5.41, 5.74) is 1.13. The van der Waals surface area contributed by atoms with Crippen molar-refractivity contribution in [3.63, 3.8) is 0 Å². The van der Waals surface area contributed by atoms with Gasteiger partial charge in [-0.1, -0.05) is 26.8 Å². The van der Waals surface area contributed by atoms with Crippen LogP contribution in [-0.4, -0.2) is 30.6 Å². The third-order valence-corrected chi connectivity index (χ3v) is 3.43. The van der Waals surface area contributed by atoms with E-state index >= 15 is 0 Å². The lowest BCUT2D eigenvalue weighted by Crippen LogP contribution is -2.34. The molecule has 0 heterocycles.